The van der Waals surface area contributed by atoms with Crippen LogP contribution in [0.5, 0.6) is 0 Å². The highest BCUT2D eigenvalue weighted by Gasteiger charge is 2.33. The van der Waals surface area contributed by atoms with Crippen LogP contribution in [0.25, 0.3) is 0 Å². The molecule has 2 heterocycles. The largest absolute Gasteiger partial charge is 0.389 e. The van der Waals surface area contributed by atoms with Crippen molar-refractivity contribution in [2.24, 2.45) is 0 Å². The summed E-state index contributed by atoms with van der Waals surface area (Å²) in [5.41, 5.74) is -0.605. The van der Waals surface area contributed by atoms with Gasteiger partial charge in [0.05, 0.1) is 16.0 Å². The zero-order valence-electron chi connectivity index (χ0n) is 8.70. The van der Waals surface area contributed by atoms with Gasteiger partial charge in [0.15, 0.2) is 0 Å². The van der Waals surface area contributed by atoms with Crippen LogP contribution < -0.4 is 0 Å². The molecule has 1 aliphatic rings. The Hall–Kier alpha value is -0.0900. The summed E-state index contributed by atoms with van der Waals surface area (Å²) in [5.74, 6) is 0. The molecule has 0 aromatic carbocycles. The fraction of sp³-hybridized carbons (Fsp3) is 0.636. The third kappa shape index (κ3) is 2.94. The lowest BCUT2D eigenvalue weighted by Gasteiger charge is -2.35. The van der Waals surface area contributed by atoms with E-state index >= 15 is 0 Å². The molecule has 0 radical (unpaired) electrons. The lowest BCUT2D eigenvalue weighted by molar-refractivity contribution is -0.0957. The predicted octanol–water partition coefficient (Wildman–Crippen LogP) is 2.87. The molecule has 1 N–H and O–H groups in total. The number of halogens is 1. The van der Waals surface area contributed by atoms with Crippen LogP contribution in [0.1, 0.15) is 24.6 Å². The molecule has 2 atom stereocenters. The van der Waals surface area contributed by atoms with Gasteiger partial charge < -0.3 is 9.84 Å². The number of ether oxygens (including phenoxy) is 1. The Morgan fingerprint density at radius 2 is 2.47 bits per heavy atom. The van der Waals surface area contributed by atoms with Crippen LogP contribution in [-0.2, 0) is 11.2 Å². The maximum atomic E-state index is 10.4. The van der Waals surface area contributed by atoms with Crippen molar-refractivity contribution in [3.05, 3.63) is 21.3 Å². The van der Waals surface area contributed by atoms with Gasteiger partial charge in [-0.25, -0.2) is 0 Å². The zero-order chi connectivity index (χ0) is 10.9. The topological polar surface area (TPSA) is 29.5 Å². The number of hydrogen-bond acceptors (Lipinski definition) is 3. The van der Waals surface area contributed by atoms with Crippen molar-refractivity contribution in [1.82, 2.24) is 0 Å². The second-order valence-electron chi connectivity index (χ2n) is 4.24. The van der Waals surface area contributed by atoms with Crippen LogP contribution in [0.15, 0.2) is 12.1 Å². The molecule has 1 fully saturated rings. The molecule has 2 nitrogen and oxygen atoms in total. The monoisotopic (exact) mass is 246 g/mol. The maximum absolute atomic E-state index is 10.4. The molecule has 1 aliphatic heterocycles. The Morgan fingerprint density at radius 1 is 1.67 bits per heavy atom. The van der Waals surface area contributed by atoms with Crippen molar-refractivity contribution in [2.75, 3.05) is 6.61 Å². The van der Waals surface area contributed by atoms with Gasteiger partial charge in [-0.2, -0.15) is 0 Å². The molecule has 2 unspecified atom stereocenters. The highest BCUT2D eigenvalue weighted by Crippen LogP contribution is 2.31. The summed E-state index contributed by atoms with van der Waals surface area (Å²) in [6.45, 7) is 2.66. The van der Waals surface area contributed by atoms with Crippen molar-refractivity contribution in [3.63, 3.8) is 0 Å². The smallest absolute Gasteiger partial charge is 0.0931 e. The Labute approximate surface area is 98.8 Å². The minimum Gasteiger partial charge on any atom is -0.389 e. The molecule has 0 spiro atoms. The third-order valence-electron chi connectivity index (χ3n) is 2.77. The molecule has 1 aromatic heterocycles. The molecule has 4 heteroatoms. The van der Waals surface area contributed by atoms with E-state index in [1.165, 1.54) is 0 Å². The summed E-state index contributed by atoms with van der Waals surface area (Å²) in [4.78, 5) is 1.15. The van der Waals surface area contributed by atoms with Crippen LogP contribution in [0.2, 0.25) is 4.34 Å². The molecule has 1 saturated heterocycles. The lowest BCUT2D eigenvalue weighted by Crippen LogP contribution is -2.41. The van der Waals surface area contributed by atoms with E-state index in [4.69, 9.17) is 16.3 Å². The second kappa shape index (κ2) is 4.42. The van der Waals surface area contributed by atoms with Crippen molar-refractivity contribution in [1.29, 1.82) is 0 Å². The van der Waals surface area contributed by atoms with Crippen LogP contribution in [0, 0.1) is 0 Å². The SMILES string of the molecule is CC1CC(O)(Cc2ccc(Cl)s2)CCO1. The van der Waals surface area contributed by atoms with Gasteiger partial charge in [0, 0.05) is 24.3 Å². The van der Waals surface area contributed by atoms with Crippen molar-refractivity contribution < 1.29 is 9.84 Å². The molecule has 2 rings (SSSR count). The van der Waals surface area contributed by atoms with Gasteiger partial charge in [-0.3, -0.25) is 0 Å². The maximum Gasteiger partial charge on any atom is 0.0931 e. The first kappa shape index (κ1) is 11.4. The van der Waals surface area contributed by atoms with Crippen molar-refractivity contribution >= 4 is 22.9 Å². The fourth-order valence-electron chi connectivity index (χ4n) is 2.08. The Kier molecular flexibility index (Phi) is 3.36. The first-order chi connectivity index (χ1) is 7.07. The normalized spacial score (nSPS) is 31.8. The summed E-state index contributed by atoms with van der Waals surface area (Å²) in [6, 6.07) is 3.87. The minimum atomic E-state index is -0.605. The number of rotatable bonds is 2. The summed E-state index contributed by atoms with van der Waals surface area (Å²) >= 11 is 7.41. The second-order valence-corrected chi connectivity index (χ2v) is 6.04. The van der Waals surface area contributed by atoms with Crippen molar-refractivity contribution in [3.8, 4) is 0 Å². The van der Waals surface area contributed by atoms with E-state index in [1.807, 2.05) is 19.1 Å². The lowest BCUT2D eigenvalue weighted by atomic mass is 9.87. The molecular weight excluding hydrogens is 232 g/mol. The minimum absolute atomic E-state index is 0.152. The van der Waals surface area contributed by atoms with Gasteiger partial charge >= 0.3 is 0 Å². The van der Waals surface area contributed by atoms with Gasteiger partial charge in [-0.05, 0) is 25.5 Å². The molecular formula is C11H15ClO2S. The van der Waals surface area contributed by atoms with Gasteiger partial charge in [0.25, 0.3) is 0 Å². The fourth-order valence-corrected chi connectivity index (χ4v) is 3.30. The Bertz CT molecular complexity index is 339. The average molecular weight is 247 g/mol. The van der Waals surface area contributed by atoms with Gasteiger partial charge in [0.1, 0.15) is 0 Å². The van der Waals surface area contributed by atoms with E-state index in [0.29, 0.717) is 25.9 Å². The average Bonchev–Trinajstić information content (AvgIpc) is 2.49. The van der Waals surface area contributed by atoms with Crippen molar-refractivity contribution in [2.45, 2.75) is 37.9 Å². The summed E-state index contributed by atoms with van der Waals surface area (Å²) in [5, 5.41) is 10.4. The van der Waals surface area contributed by atoms with Crippen LogP contribution in [0.4, 0.5) is 0 Å². The molecule has 15 heavy (non-hydrogen) atoms. The van der Waals surface area contributed by atoms with Gasteiger partial charge in [0.2, 0.25) is 0 Å². The van der Waals surface area contributed by atoms with Crippen LogP contribution >= 0.6 is 22.9 Å². The molecule has 0 bridgehead atoms. The molecule has 0 aliphatic carbocycles. The van der Waals surface area contributed by atoms with E-state index in [0.717, 1.165) is 9.21 Å². The van der Waals surface area contributed by atoms with E-state index in [2.05, 4.69) is 0 Å². The number of thiophene rings is 1. The summed E-state index contributed by atoms with van der Waals surface area (Å²) in [7, 11) is 0. The summed E-state index contributed by atoms with van der Waals surface area (Å²) in [6.07, 6.45) is 2.27. The van der Waals surface area contributed by atoms with E-state index < -0.39 is 5.60 Å². The van der Waals surface area contributed by atoms with E-state index in [9.17, 15) is 5.11 Å². The Balaban J connectivity index is 2.03. The highest BCUT2D eigenvalue weighted by molar-refractivity contribution is 7.16. The summed E-state index contributed by atoms with van der Waals surface area (Å²) < 4.78 is 6.22. The molecule has 0 saturated carbocycles. The first-order valence-electron chi connectivity index (χ1n) is 5.16. The first-order valence-corrected chi connectivity index (χ1v) is 6.35. The standard InChI is InChI=1S/C11H15ClO2S/c1-8-6-11(13,4-5-14-8)7-9-2-3-10(12)15-9/h2-3,8,13H,4-7H2,1H3. The van der Waals surface area contributed by atoms with Crippen LogP contribution in [0.3, 0.4) is 0 Å². The quantitative estimate of drug-likeness (QED) is 0.870. The number of aliphatic hydroxyl groups is 1. The number of hydrogen-bond donors (Lipinski definition) is 1. The highest BCUT2D eigenvalue weighted by atomic mass is 35.5. The predicted molar refractivity (Wildman–Crippen MR) is 62.6 cm³/mol. The molecule has 1 aromatic rings. The van der Waals surface area contributed by atoms with E-state index in [1.54, 1.807) is 11.3 Å². The van der Waals surface area contributed by atoms with Crippen LogP contribution in [-0.4, -0.2) is 23.4 Å². The van der Waals surface area contributed by atoms with Gasteiger partial charge in [-0.15, -0.1) is 11.3 Å². The van der Waals surface area contributed by atoms with Gasteiger partial charge in [-0.1, -0.05) is 11.6 Å². The Morgan fingerprint density at radius 3 is 3.07 bits per heavy atom. The van der Waals surface area contributed by atoms with E-state index in [-0.39, 0.29) is 6.10 Å². The zero-order valence-corrected chi connectivity index (χ0v) is 10.3. The molecule has 84 valence electrons. The molecule has 0 amide bonds. The third-order valence-corrected chi connectivity index (χ3v) is 4.00.